The summed E-state index contributed by atoms with van der Waals surface area (Å²) in [5.74, 6) is 0.550. The van der Waals surface area contributed by atoms with Gasteiger partial charge < -0.3 is 5.32 Å². The van der Waals surface area contributed by atoms with Gasteiger partial charge in [0.25, 0.3) is 0 Å². The molecule has 2 aromatic carbocycles. The Kier molecular flexibility index (Phi) is 3.39. The smallest absolute Gasteiger partial charge is 0.139 e. The first kappa shape index (κ1) is 13.5. The van der Waals surface area contributed by atoms with Gasteiger partial charge in [0, 0.05) is 31.3 Å². The van der Waals surface area contributed by atoms with Crippen molar-refractivity contribution >= 4 is 17.9 Å². The van der Waals surface area contributed by atoms with Crippen LogP contribution in [0.3, 0.4) is 0 Å². The van der Waals surface area contributed by atoms with Gasteiger partial charge in [0.05, 0.1) is 0 Å². The van der Waals surface area contributed by atoms with E-state index in [0.29, 0.717) is 12.2 Å². The molecule has 110 valence electrons. The van der Waals surface area contributed by atoms with Crippen molar-refractivity contribution in [1.29, 1.82) is 0 Å². The summed E-state index contributed by atoms with van der Waals surface area (Å²) in [6.45, 7) is 1.58. The molecular formula is C20H19NO. The number of hydrogen-bond acceptors (Lipinski definition) is 2. The van der Waals surface area contributed by atoms with Crippen LogP contribution in [0.1, 0.15) is 34.6 Å². The van der Waals surface area contributed by atoms with Crippen molar-refractivity contribution in [2.75, 3.05) is 13.1 Å². The molecule has 2 aromatic rings. The number of hydrogen-bond donors (Lipinski definition) is 1. The quantitative estimate of drug-likeness (QED) is 0.871. The molecular weight excluding hydrogens is 270 g/mol. The van der Waals surface area contributed by atoms with Crippen molar-refractivity contribution < 1.29 is 4.79 Å². The number of benzene rings is 2. The average molecular weight is 289 g/mol. The molecule has 0 saturated carbocycles. The van der Waals surface area contributed by atoms with Gasteiger partial charge >= 0.3 is 0 Å². The highest BCUT2D eigenvalue weighted by atomic mass is 16.1. The van der Waals surface area contributed by atoms with Gasteiger partial charge in [-0.25, -0.2) is 0 Å². The fourth-order valence-electron chi connectivity index (χ4n) is 3.74. The first-order valence-electron chi connectivity index (χ1n) is 7.94. The number of rotatable bonds is 1. The van der Waals surface area contributed by atoms with E-state index >= 15 is 0 Å². The Labute approximate surface area is 130 Å². The van der Waals surface area contributed by atoms with Gasteiger partial charge in [0.2, 0.25) is 0 Å². The molecule has 0 unspecified atom stereocenters. The van der Waals surface area contributed by atoms with Gasteiger partial charge in [-0.3, -0.25) is 4.79 Å². The summed E-state index contributed by atoms with van der Waals surface area (Å²) in [6, 6.07) is 16.9. The fraction of sp³-hybridized carbons (Fsp3) is 0.250. The maximum Gasteiger partial charge on any atom is 0.139 e. The Hall–Kier alpha value is -2.19. The van der Waals surface area contributed by atoms with Crippen LogP contribution in [0.25, 0.3) is 12.2 Å². The zero-order valence-electron chi connectivity index (χ0n) is 12.5. The largest absolute Gasteiger partial charge is 0.316 e. The standard InChI is InChI=1S/C20H19NO/c22-19-11-12-21-13-18(19)20-16-7-3-1-5-14(16)9-10-15-6-2-4-8-17(15)20/h1-10,18,20-21H,11-13H2/t18-/m1/s1. The van der Waals surface area contributed by atoms with E-state index in [0.717, 1.165) is 13.1 Å². The number of Topliss-reactive ketones (excluding diaryl/α,β-unsaturated/α-hetero) is 1. The highest BCUT2D eigenvalue weighted by Gasteiger charge is 2.34. The minimum atomic E-state index is 0.0240. The number of ketones is 1. The van der Waals surface area contributed by atoms with Crippen LogP contribution in [0.2, 0.25) is 0 Å². The summed E-state index contributed by atoms with van der Waals surface area (Å²) >= 11 is 0. The van der Waals surface area contributed by atoms with Gasteiger partial charge in [0.15, 0.2) is 0 Å². The second kappa shape index (κ2) is 5.54. The van der Waals surface area contributed by atoms with Gasteiger partial charge in [-0.2, -0.15) is 0 Å². The molecule has 0 aromatic heterocycles. The van der Waals surface area contributed by atoms with E-state index in [1.54, 1.807) is 0 Å². The molecule has 1 N–H and O–H groups in total. The van der Waals surface area contributed by atoms with Crippen LogP contribution in [0, 0.1) is 5.92 Å². The molecule has 0 radical (unpaired) electrons. The number of fused-ring (bicyclic) bond motifs is 2. The highest BCUT2D eigenvalue weighted by molar-refractivity contribution is 5.86. The third-order valence-electron chi connectivity index (χ3n) is 4.83. The molecule has 1 aliphatic heterocycles. The second-order valence-corrected chi connectivity index (χ2v) is 6.10. The normalized spacial score (nSPS) is 21.1. The fourth-order valence-corrected chi connectivity index (χ4v) is 3.74. The molecule has 1 fully saturated rings. The van der Waals surface area contributed by atoms with Crippen LogP contribution in [0.5, 0.6) is 0 Å². The topological polar surface area (TPSA) is 29.1 Å². The molecule has 1 saturated heterocycles. The minimum Gasteiger partial charge on any atom is -0.316 e. The Morgan fingerprint density at radius 2 is 1.45 bits per heavy atom. The van der Waals surface area contributed by atoms with Crippen molar-refractivity contribution in [1.82, 2.24) is 5.32 Å². The Bertz CT molecular complexity index is 697. The lowest BCUT2D eigenvalue weighted by atomic mass is 9.75. The van der Waals surface area contributed by atoms with Crippen LogP contribution in [-0.2, 0) is 4.79 Å². The summed E-state index contributed by atoms with van der Waals surface area (Å²) < 4.78 is 0. The molecule has 1 aliphatic carbocycles. The van der Waals surface area contributed by atoms with Crippen LogP contribution in [-0.4, -0.2) is 18.9 Å². The zero-order valence-corrected chi connectivity index (χ0v) is 12.5. The van der Waals surface area contributed by atoms with Crippen LogP contribution in [0.15, 0.2) is 48.5 Å². The lowest BCUT2D eigenvalue weighted by Gasteiger charge is -2.31. The van der Waals surface area contributed by atoms with E-state index in [-0.39, 0.29) is 11.8 Å². The Morgan fingerprint density at radius 3 is 2.05 bits per heavy atom. The first-order chi connectivity index (χ1) is 10.8. The maximum atomic E-state index is 12.6. The first-order valence-corrected chi connectivity index (χ1v) is 7.94. The van der Waals surface area contributed by atoms with Crippen molar-refractivity contribution in [3.63, 3.8) is 0 Å². The number of carbonyl (C=O) groups excluding carboxylic acids is 1. The number of piperidine rings is 1. The van der Waals surface area contributed by atoms with Crippen LogP contribution >= 0.6 is 0 Å². The van der Waals surface area contributed by atoms with Gasteiger partial charge in [-0.05, 0) is 22.3 Å². The van der Waals surface area contributed by atoms with Crippen LogP contribution < -0.4 is 5.32 Å². The summed E-state index contributed by atoms with van der Waals surface area (Å²) in [5.41, 5.74) is 4.99. The van der Waals surface area contributed by atoms with E-state index in [1.165, 1.54) is 22.3 Å². The molecule has 2 aliphatic rings. The van der Waals surface area contributed by atoms with E-state index in [2.05, 4.69) is 66.0 Å². The van der Waals surface area contributed by atoms with E-state index < -0.39 is 0 Å². The molecule has 4 rings (SSSR count). The zero-order chi connectivity index (χ0) is 14.9. The SMILES string of the molecule is O=C1CCNC[C@H]1C1c2ccccc2C=Cc2ccccc21. The third-order valence-corrected chi connectivity index (χ3v) is 4.83. The summed E-state index contributed by atoms with van der Waals surface area (Å²) in [4.78, 5) is 12.6. The van der Waals surface area contributed by atoms with E-state index in [9.17, 15) is 4.79 Å². The molecule has 1 heterocycles. The molecule has 2 nitrogen and oxygen atoms in total. The molecule has 2 heteroatoms. The molecule has 0 amide bonds. The third kappa shape index (κ3) is 2.20. The molecule has 1 atom stereocenters. The Balaban J connectivity index is 1.91. The molecule has 0 spiro atoms. The number of nitrogens with one attached hydrogen (secondary N) is 1. The number of carbonyl (C=O) groups is 1. The van der Waals surface area contributed by atoms with Gasteiger partial charge in [-0.1, -0.05) is 60.7 Å². The lowest BCUT2D eigenvalue weighted by molar-refractivity contribution is -0.124. The van der Waals surface area contributed by atoms with Gasteiger partial charge in [-0.15, -0.1) is 0 Å². The van der Waals surface area contributed by atoms with E-state index in [1.807, 2.05) is 0 Å². The maximum absolute atomic E-state index is 12.6. The van der Waals surface area contributed by atoms with Crippen molar-refractivity contribution in [3.05, 3.63) is 70.8 Å². The highest BCUT2D eigenvalue weighted by Crippen LogP contribution is 2.40. The monoisotopic (exact) mass is 289 g/mol. The molecule has 0 bridgehead atoms. The second-order valence-electron chi connectivity index (χ2n) is 6.10. The summed E-state index contributed by atoms with van der Waals surface area (Å²) in [6.07, 6.45) is 4.99. The van der Waals surface area contributed by atoms with Crippen molar-refractivity contribution in [2.24, 2.45) is 5.92 Å². The Morgan fingerprint density at radius 1 is 0.864 bits per heavy atom. The van der Waals surface area contributed by atoms with Gasteiger partial charge in [0.1, 0.15) is 5.78 Å². The summed E-state index contributed by atoms with van der Waals surface area (Å²) in [7, 11) is 0. The van der Waals surface area contributed by atoms with E-state index in [4.69, 9.17) is 0 Å². The van der Waals surface area contributed by atoms with Crippen molar-refractivity contribution in [2.45, 2.75) is 12.3 Å². The summed E-state index contributed by atoms with van der Waals surface area (Å²) in [5, 5.41) is 3.40. The van der Waals surface area contributed by atoms with Crippen LogP contribution in [0.4, 0.5) is 0 Å². The average Bonchev–Trinajstić information content (AvgIpc) is 2.73. The lowest BCUT2D eigenvalue weighted by Crippen LogP contribution is -2.40. The molecule has 22 heavy (non-hydrogen) atoms. The minimum absolute atomic E-state index is 0.0240. The van der Waals surface area contributed by atoms with Crippen molar-refractivity contribution in [3.8, 4) is 0 Å². The predicted molar refractivity (Wildman–Crippen MR) is 89.6 cm³/mol. The predicted octanol–water partition coefficient (Wildman–Crippen LogP) is 3.48.